The minimum atomic E-state index is 0.0504. The Balaban J connectivity index is 1.73. The third-order valence-corrected chi connectivity index (χ3v) is 4.10. The van der Waals surface area contributed by atoms with Gasteiger partial charge < -0.3 is 5.32 Å². The number of carbonyl (C=O) groups is 2. The molecular formula is C19H23NO2. The minimum Gasteiger partial charge on any atom is -0.345 e. The molecule has 1 amide bonds. The van der Waals surface area contributed by atoms with Crippen molar-refractivity contribution >= 4 is 11.7 Å². The highest BCUT2D eigenvalue weighted by Crippen LogP contribution is 2.25. The predicted octanol–water partition coefficient (Wildman–Crippen LogP) is 3.33. The van der Waals surface area contributed by atoms with Crippen molar-refractivity contribution in [2.75, 3.05) is 6.54 Å². The Hall–Kier alpha value is -2.08. The lowest BCUT2D eigenvalue weighted by Gasteiger charge is -2.20. The molecule has 3 nitrogen and oxygen atoms in total. The molecule has 1 aliphatic rings. The van der Waals surface area contributed by atoms with Crippen molar-refractivity contribution in [2.45, 2.75) is 45.4 Å². The van der Waals surface area contributed by atoms with E-state index in [-0.39, 0.29) is 11.7 Å². The lowest BCUT2D eigenvalue weighted by atomic mass is 9.87. The zero-order valence-corrected chi connectivity index (χ0v) is 13.2. The van der Waals surface area contributed by atoms with Crippen molar-refractivity contribution < 1.29 is 9.59 Å². The molecule has 0 heterocycles. The summed E-state index contributed by atoms with van der Waals surface area (Å²) in [5.74, 6) is 6.66. The number of hydrogen-bond donors (Lipinski definition) is 1. The molecule has 0 spiro atoms. The predicted molar refractivity (Wildman–Crippen MR) is 87.5 cm³/mol. The highest BCUT2D eigenvalue weighted by Gasteiger charge is 2.16. The molecule has 0 saturated heterocycles. The first-order valence-electron chi connectivity index (χ1n) is 8.02. The van der Waals surface area contributed by atoms with Crippen LogP contribution < -0.4 is 5.32 Å². The van der Waals surface area contributed by atoms with Gasteiger partial charge in [0.2, 0.25) is 5.91 Å². The molecular weight excluding hydrogens is 274 g/mol. The van der Waals surface area contributed by atoms with Gasteiger partial charge in [-0.05, 0) is 37.8 Å². The van der Waals surface area contributed by atoms with E-state index in [4.69, 9.17) is 0 Å². The van der Waals surface area contributed by atoms with Gasteiger partial charge in [-0.2, -0.15) is 0 Å². The molecule has 116 valence electrons. The van der Waals surface area contributed by atoms with Gasteiger partial charge in [0.1, 0.15) is 0 Å². The summed E-state index contributed by atoms with van der Waals surface area (Å²) in [6.07, 6.45) is 6.83. The summed E-state index contributed by atoms with van der Waals surface area (Å²) in [7, 11) is 0. The van der Waals surface area contributed by atoms with Gasteiger partial charge in [0, 0.05) is 17.5 Å². The maximum absolute atomic E-state index is 11.8. The molecule has 3 heteroatoms. The van der Waals surface area contributed by atoms with Crippen molar-refractivity contribution in [3.05, 3.63) is 35.4 Å². The summed E-state index contributed by atoms with van der Waals surface area (Å²) in [6.45, 7) is 1.92. The number of ketones is 1. The van der Waals surface area contributed by atoms with Crippen molar-refractivity contribution in [3.63, 3.8) is 0 Å². The molecule has 0 bridgehead atoms. The zero-order valence-electron chi connectivity index (χ0n) is 13.2. The van der Waals surface area contributed by atoms with E-state index in [0.717, 1.165) is 5.56 Å². The van der Waals surface area contributed by atoms with E-state index in [1.807, 2.05) is 12.1 Å². The number of rotatable bonds is 4. The van der Waals surface area contributed by atoms with Gasteiger partial charge in [-0.15, -0.1) is 0 Å². The van der Waals surface area contributed by atoms with Gasteiger partial charge in [-0.1, -0.05) is 43.2 Å². The second-order valence-corrected chi connectivity index (χ2v) is 5.92. The average Bonchev–Trinajstić information content (AvgIpc) is 2.53. The summed E-state index contributed by atoms with van der Waals surface area (Å²) in [5.41, 5.74) is 1.54. The normalized spacial score (nSPS) is 14.8. The summed E-state index contributed by atoms with van der Waals surface area (Å²) in [4.78, 5) is 23.0. The number of carbonyl (C=O) groups excluding carboxylic acids is 2. The minimum absolute atomic E-state index is 0.0504. The van der Waals surface area contributed by atoms with Crippen molar-refractivity contribution in [1.29, 1.82) is 0 Å². The number of Topliss-reactive ketones (excluding diaryl/α,β-unsaturated/α-hetero) is 1. The Morgan fingerprint density at radius 2 is 1.82 bits per heavy atom. The fourth-order valence-electron chi connectivity index (χ4n) is 2.80. The zero-order chi connectivity index (χ0) is 15.8. The molecule has 1 aliphatic carbocycles. The monoisotopic (exact) mass is 297 g/mol. The van der Waals surface area contributed by atoms with Gasteiger partial charge in [-0.3, -0.25) is 9.59 Å². The molecule has 0 aromatic heterocycles. The smallest absolute Gasteiger partial charge is 0.221 e. The molecule has 1 aromatic carbocycles. The van der Waals surface area contributed by atoms with Gasteiger partial charge in [0.05, 0.1) is 6.54 Å². The molecule has 1 aromatic rings. The second kappa shape index (κ2) is 8.38. The number of hydrogen-bond acceptors (Lipinski definition) is 2. The lowest BCUT2D eigenvalue weighted by molar-refractivity contribution is -0.122. The van der Waals surface area contributed by atoms with Crippen LogP contribution in [0, 0.1) is 17.8 Å². The first-order chi connectivity index (χ1) is 10.6. The maximum Gasteiger partial charge on any atom is 0.221 e. The van der Waals surface area contributed by atoms with Crippen LogP contribution in [0.3, 0.4) is 0 Å². The topological polar surface area (TPSA) is 46.2 Å². The molecule has 0 atom stereocenters. The fraction of sp³-hybridized carbons (Fsp3) is 0.474. The maximum atomic E-state index is 11.8. The van der Waals surface area contributed by atoms with Crippen LogP contribution in [0.4, 0.5) is 0 Å². The Bertz CT molecular complexity index is 572. The molecule has 22 heavy (non-hydrogen) atoms. The summed E-state index contributed by atoms with van der Waals surface area (Å²) < 4.78 is 0. The summed E-state index contributed by atoms with van der Waals surface area (Å²) >= 11 is 0. The number of amides is 1. The van der Waals surface area contributed by atoms with Crippen LogP contribution in [-0.4, -0.2) is 18.2 Å². The van der Waals surface area contributed by atoms with Crippen LogP contribution in [0.25, 0.3) is 0 Å². The largest absolute Gasteiger partial charge is 0.345 e. The van der Waals surface area contributed by atoms with Crippen LogP contribution in [0.1, 0.15) is 61.4 Å². The van der Waals surface area contributed by atoms with Crippen LogP contribution in [0.2, 0.25) is 0 Å². The third kappa shape index (κ3) is 5.37. The van der Waals surface area contributed by atoms with E-state index < -0.39 is 0 Å². The lowest BCUT2D eigenvalue weighted by Crippen LogP contribution is -2.26. The van der Waals surface area contributed by atoms with Crippen molar-refractivity contribution in [2.24, 2.45) is 5.92 Å². The number of nitrogens with one attached hydrogen (secondary N) is 1. The van der Waals surface area contributed by atoms with Gasteiger partial charge in [-0.25, -0.2) is 0 Å². The van der Waals surface area contributed by atoms with E-state index in [9.17, 15) is 9.59 Å². The first kappa shape index (κ1) is 16.3. The Morgan fingerprint density at radius 1 is 1.14 bits per heavy atom. The molecule has 2 rings (SSSR count). The molecule has 1 fully saturated rings. The standard InChI is InChI=1S/C19H23NO2/c1-15(21)18-11-9-16(10-12-18)8-5-13-20-19(22)14-17-6-3-2-4-7-17/h9-12,17H,2-4,6-7,13-14H2,1H3,(H,20,22). The molecule has 0 aliphatic heterocycles. The van der Waals surface area contributed by atoms with E-state index in [0.29, 0.717) is 24.4 Å². The Labute approximate surface area is 132 Å². The van der Waals surface area contributed by atoms with Gasteiger partial charge >= 0.3 is 0 Å². The van der Waals surface area contributed by atoms with Crippen molar-refractivity contribution in [3.8, 4) is 11.8 Å². The van der Waals surface area contributed by atoms with E-state index in [1.165, 1.54) is 32.1 Å². The van der Waals surface area contributed by atoms with Crippen molar-refractivity contribution in [1.82, 2.24) is 5.32 Å². The van der Waals surface area contributed by atoms with Gasteiger partial charge in [0.25, 0.3) is 0 Å². The fourth-order valence-corrected chi connectivity index (χ4v) is 2.80. The molecule has 0 unspecified atom stereocenters. The second-order valence-electron chi connectivity index (χ2n) is 5.92. The van der Waals surface area contributed by atoms with E-state index in [2.05, 4.69) is 17.2 Å². The van der Waals surface area contributed by atoms with Crippen LogP contribution >= 0.6 is 0 Å². The SMILES string of the molecule is CC(=O)c1ccc(C#CCNC(=O)CC2CCCCC2)cc1. The first-order valence-corrected chi connectivity index (χ1v) is 8.02. The molecule has 0 radical (unpaired) electrons. The highest BCUT2D eigenvalue weighted by atomic mass is 16.1. The van der Waals surface area contributed by atoms with Gasteiger partial charge in [0.15, 0.2) is 5.78 Å². The van der Waals surface area contributed by atoms with E-state index in [1.54, 1.807) is 19.1 Å². The molecule has 1 N–H and O–H groups in total. The Morgan fingerprint density at radius 3 is 2.45 bits per heavy atom. The quantitative estimate of drug-likeness (QED) is 0.684. The number of benzene rings is 1. The third-order valence-electron chi connectivity index (χ3n) is 4.10. The van der Waals surface area contributed by atoms with Crippen LogP contribution in [0.15, 0.2) is 24.3 Å². The van der Waals surface area contributed by atoms with Crippen LogP contribution in [-0.2, 0) is 4.79 Å². The highest BCUT2D eigenvalue weighted by molar-refractivity contribution is 5.94. The van der Waals surface area contributed by atoms with Crippen LogP contribution in [0.5, 0.6) is 0 Å². The Kier molecular flexibility index (Phi) is 6.21. The summed E-state index contributed by atoms with van der Waals surface area (Å²) in [6, 6.07) is 7.20. The summed E-state index contributed by atoms with van der Waals surface area (Å²) in [5, 5.41) is 2.86. The average molecular weight is 297 g/mol. The van der Waals surface area contributed by atoms with E-state index >= 15 is 0 Å². The molecule has 1 saturated carbocycles.